The zero-order chi connectivity index (χ0) is 21.0. The van der Waals surface area contributed by atoms with Gasteiger partial charge in [-0.2, -0.15) is 0 Å². The van der Waals surface area contributed by atoms with Gasteiger partial charge < -0.3 is 29.4 Å². The zero-order valence-electron chi connectivity index (χ0n) is 19.1. The Labute approximate surface area is 175 Å². The van der Waals surface area contributed by atoms with Crippen molar-refractivity contribution in [3.8, 4) is 0 Å². The molecule has 0 spiro atoms. The van der Waals surface area contributed by atoms with Crippen LogP contribution in [-0.2, 0) is 13.1 Å². The molecule has 2 heterocycles. The fourth-order valence-corrected chi connectivity index (χ4v) is 4.51. The van der Waals surface area contributed by atoms with E-state index in [9.17, 15) is 0 Å². The maximum atomic E-state index is 2.54. The van der Waals surface area contributed by atoms with Gasteiger partial charge in [-0.3, -0.25) is 0 Å². The third kappa shape index (κ3) is 3.20. The Kier molecular flexibility index (Phi) is 4.68. The normalized spacial score (nSPS) is 14.3. The van der Waals surface area contributed by atoms with E-state index in [0.717, 1.165) is 19.8 Å². The molecule has 2 aromatic carbocycles. The number of benzene rings is 2. The van der Waals surface area contributed by atoms with Crippen LogP contribution >= 0.6 is 0 Å². The minimum atomic E-state index is 0.934. The highest BCUT2D eigenvalue weighted by Crippen LogP contribution is 2.47. The Morgan fingerprint density at radius 2 is 0.931 bits per heavy atom. The van der Waals surface area contributed by atoms with E-state index in [-0.39, 0.29) is 0 Å². The van der Waals surface area contributed by atoms with Crippen molar-refractivity contribution >= 4 is 34.1 Å². The van der Waals surface area contributed by atoms with Crippen LogP contribution in [0.4, 0.5) is 34.1 Å². The van der Waals surface area contributed by atoms with Gasteiger partial charge in [-0.15, -0.1) is 0 Å². The zero-order valence-corrected chi connectivity index (χ0v) is 19.1. The highest BCUT2D eigenvalue weighted by atomic mass is 15.4. The van der Waals surface area contributed by atoms with Gasteiger partial charge in [0.1, 0.15) is 0 Å². The van der Waals surface area contributed by atoms with E-state index in [1.54, 1.807) is 0 Å². The quantitative estimate of drug-likeness (QED) is 0.787. The summed E-state index contributed by atoms with van der Waals surface area (Å²) < 4.78 is 0. The second-order valence-corrected chi connectivity index (χ2v) is 9.06. The standard InChI is InChI=1S/C23H34N6/c1-24(2)18-9-16-13-28-15-29(22(16)20(11-18)26(5)6)14-17-10-19(25(3)4)12-21(23(17)28)27(7)8/h9-12H,13-15H2,1-8H3. The Bertz CT molecular complexity index is 856. The molecule has 0 aliphatic carbocycles. The molecule has 6 heteroatoms. The van der Waals surface area contributed by atoms with E-state index in [1.807, 2.05) is 0 Å². The minimum Gasteiger partial charge on any atom is -0.378 e. The van der Waals surface area contributed by atoms with Crippen LogP contribution in [0, 0.1) is 0 Å². The number of anilines is 6. The van der Waals surface area contributed by atoms with Crippen molar-refractivity contribution in [2.75, 3.05) is 92.4 Å². The molecule has 0 unspecified atom stereocenters. The molecular formula is C23H34N6. The molecule has 0 fully saturated rings. The van der Waals surface area contributed by atoms with Crippen LogP contribution in [-0.4, -0.2) is 63.1 Å². The van der Waals surface area contributed by atoms with E-state index < -0.39 is 0 Å². The van der Waals surface area contributed by atoms with E-state index in [4.69, 9.17) is 0 Å². The van der Waals surface area contributed by atoms with E-state index in [1.165, 1.54) is 45.3 Å². The lowest BCUT2D eigenvalue weighted by atomic mass is 9.97. The van der Waals surface area contributed by atoms with Gasteiger partial charge in [0.25, 0.3) is 0 Å². The lowest BCUT2D eigenvalue weighted by Crippen LogP contribution is -2.47. The van der Waals surface area contributed by atoms with Crippen molar-refractivity contribution in [3.05, 3.63) is 35.4 Å². The predicted octanol–water partition coefficient (Wildman–Crippen LogP) is 3.25. The van der Waals surface area contributed by atoms with Crippen LogP contribution in [0.2, 0.25) is 0 Å². The topological polar surface area (TPSA) is 19.4 Å². The van der Waals surface area contributed by atoms with Crippen LogP contribution in [0.3, 0.4) is 0 Å². The number of hydrogen-bond donors (Lipinski definition) is 0. The molecule has 0 aromatic heterocycles. The first kappa shape index (κ1) is 19.6. The lowest BCUT2D eigenvalue weighted by molar-refractivity contribution is 0.650. The summed E-state index contributed by atoms with van der Waals surface area (Å²) >= 11 is 0. The van der Waals surface area contributed by atoms with Crippen LogP contribution in [0.15, 0.2) is 24.3 Å². The molecule has 0 radical (unpaired) electrons. The molecule has 0 atom stereocenters. The molecule has 6 nitrogen and oxygen atoms in total. The van der Waals surface area contributed by atoms with Crippen LogP contribution in [0.1, 0.15) is 11.1 Å². The second kappa shape index (κ2) is 6.94. The predicted molar refractivity (Wildman–Crippen MR) is 127 cm³/mol. The highest BCUT2D eigenvalue weighted by Gasteiger charge is 2.34. The number of nitrogens with zero attached hydrogens (tertiary/aromatic N) is 6. The van der Waals surface area contributed by atoms with Crippen LogP contribution in [0.25, 0.3) is 0 Å². The summed E-state index contributed by atoms with van der Waals surface area (Å²) in [7, 11) is 17.1. The molecule has 0 saturated heterocycles. The highest BCUT2D eigenvalue weighted by molar-refractivity contribution is 5.87. The summed E-state index contributed by atoms with van der Waals surface area (Å²) in [6.07, 6.45) is 0. The van der Waals surface area contributed by atoms with Crippen molar-refractivity contribution in [2.24, 2.45) is 0 Å². The Morgan fingerprint density at radius 1 is 0.552 bits per heavy atom. The molecule has 2 aliphatic heterocycles. The summed E-state index contributed by atoms with van der Waals surface area (Å²) in [5.74, 6) is 0. The van der Waals surface area contributed by atoms with E-state index >= 15 is 0 Å². The first-order valence-electron chi connectivity index (χ1n) is 10.2. The molecule has 0 N–H and O–H groups in total. The van der Waals surface area contributed by atoms with Crippen molar-refractivity contribution in [3.63, 3.8) is 0 Å². The average Bonchev–Trinajstić information content (AvgIpc) is 2.65. The van der Waals surface area contributed by atoms with Crippen LogP contribution in [0.5, 0.6) is 0 Å². The SMILES string of the molecule is CN(C)c1cc2c(c(N(C)C)c1)N1Cc3cc(N(C)C)cc(N(C)C)c3N(C2)C1. The van der Waals surface area contributed by atoms with Gasteiger partial charge in [-0.25, -0.2) is 0 Å². The Balaban J connectivity index is 1.88. The van der Waals surface area contributed by atoms with Gasteiger partial charge in [0, 0.05) is 80.8 Å². The van der Waals surface area contributed by atoms with Gasteiger partial charge in [0.2, 0.25) is 0 Å². The molecule has 29 heavy (non-hydrogen) atoms. The van der Waals surface area contributed by atoms with Crippen molar-refractivity contribution in [1.82, 2.24) is 0 Å². The summed E-state index contributed by atoms with van der Waals surface area (Å²) in [5, 5.41) is 0. The van der Waals surface area contributed by atoms with Crippen LogP contribution < -0.4 is 29.4 Å². The molecule has 0 saturated carbocycles. The van der Waals surface area contributed by atoms with Gasteiger partial charge in [-0.1, -0.05) is 0 Å². The summed E-state index contributed by atoms with van der Waals surface area (Å²) in [6.45, 7) is 2.80. The fraction of sp³-hybridized carbons (Fsp3) is 0.478. The number of rotatable bonds is 4. The third-order valence-electron chi connectivity index (χ3n) is 6.00. The van der Waals surface area contributed by atoms with E-state index in [0.29, 0.717) is 0 Å². The molecule has 2 bridgehead atoms. The van der Waals surface area contributed by atoms with Gasteiger partial charge in [0.05, 0.1) is 29.4 Å². The number of fused-ring (bicyclic) bond motifs is 6. The van der Waals surface area contributed by atoms with E-state index in [2.05, 4.69) is 110 Å². The van der Waals surface area contributed by atoms with Crippen molar-refractivity contribution in [1.29, 1.82) is 0 Å². The van der Waals surface area contributed by atoms with Gasteiger partial charge in [0.15, 0.2) is 0 Å². The molecule has 156 valence electrons. The summed E-state index contributed by atoms with van der Waals surface area (Å²) in [6, 6.07) is 9.34. The third-order valence-corrected chi connectivity index (χ3v) is 6.00. The molecule has 2 aromatic rings. The Morgan fingerprint density at radius 3 is 1.24 bits per heavy atom. The molecular weight excluding hydrogens is 360 g/mol. The first-order valence-corrected chi connectivity index (χ1v) is 10.2. The maximum absolute atomic E-state index is 2.54. The average molecular weight is 395 g/mol. The largest absolute Gasteiger partial charge is 0.378 e. The first-order chi connectivity index (χ1) is 13.7. The molecule has 0 amide bonds. The number of hydrogen-bond acceptors (Lipinski definition) is 6. The Hall–Kier alpha value is -2.76. The lowest BCUT2D eigenvalue weighted by Gasteiger charge is -2.47. The minimum absolute atomic E-state index is 0.934. The monoisotopic (exact) mass is 394 g/mol. The van der Waals surface area contributed by atoms with Crippen molar-refractivity contribution < 1.29 is 0 Å². The smallest absolute Gasteiger partial charge is 0.0911 e. The van der Waals surface area contributed by atoms with Crippen molar-refractivity contribution in [2.45, 2.75) is 13.1 Å². The molecule has 2 aliphatic rings. The van der Waals surface area contributed by atoms with Gasteiger partial charge in [-0.05, 0) is 35.4 Å². The maximum Gasteiger partial charge on any atom is 0.0911 e. The summed E-state index contributed by atoms with van der Waals surface area (Å²) in [5.41, 5.74) is 10.7. The second-order valence-electron chi connectivity index (χ2n) is 9.06. The van der Waals surface area contributed by atoms with Gasteiger partial charge >= 0.3 is 0 Å². The fourth-order valence-electron chi connectivity index (χ4n) is 4.51. The summed E-state index contributed by atoms with van der Waals surface area (Å²) in [4.78, 5) is 14.0. The molecule has 4 rings (SSSR count).